The Labute approximate surface area is 171 Å². The molecule has 0 radical (unpaired) electrons. The van der Waals surface area contributed by atoms with E-state index in [1.165, 1.54) is 0 Å². The van der Waals surface area contributed by atoms with Crippen molar-refractivity contribution in [1.82, 2.24) is 4.98 Å². The molecular weight excluding hydrogens is 370 g/mol. The second-order valence-electron chi connectivity index (χ2n) is 7.71. The molecule has 0 saturated heterocycles. The van der Waals surface area contributed by atoms with Gasteiger partial charge in [0.2, 0.25) is 0 Å². The largest absolute Gasteiger partial charge is 0.511 e. The zero-order valence-electron chi connectivity index (χ0n) is 17.1. The summed E-state index contributed by atoms with van der Waals surface area (Å²) in [4.78, 5) is 17.2. The number of carbonyl (C=O) groups is 1. The van der Waals surface area contributed by atoms with E-state index >= 15 is 0 Å². The summed E-state index contributed by atoms with van der Waals surface area (Å²) >= 11 is 1.64. The summed E-state index contributed by atoms with van der Waals surface area (Å²) in [6, 6.07) is 8.08. The van der Waals surface area contributed by atoms with E-state index in [2.05, 4.69) is 4.98 Å². The molecule has 0 bridgehead atoms. The summed E-state index contributed by atoms with van der Waals surface area (Å²) in [5, 5.41) is 11.7. The van der Waals surface area contributed by atoms with Crippen molar-refractivity contribution in [2.75, 3.05) is 5.75 Å². The van der Waals surface area contributed by atoms with Crippen molar-refractivity contribution in [2.45, 2.75) is 52.2 Å². The average Bonchev–Trinajstić information content (AvgIpc) is 2.62. The van der Waals surface area contributed by atoms with Gasteiger partial charge in [-0.15, -0.1) is 11.8 Å². The fraction of sp³-hybridized carbons (Fsp3) is 0.391. The van der Waals surface area contributed by atoms with Gasteiger partial charge in [0, 0.05) is 24.3 Å². The van der Waals surface area contributed by atoms with Gasteiger partial charge in [0.25, 0.3) is 0 Å². The van der Waals surface area contributed by atoms with Crippen LogP contribution in [0.25, 0.3) is 5.57 Å². The Kier molecular flexibility index (Phi) is 6.14. The predicted octanol–water partition coefficient (Wildman–Crippen LogP) is 5.33. The molecule has 0 amide bonds. The van der Waals surface area contributed by atoms with Crippen LogP contribution in [0.2, 0.25) is 0 Å². The van der Waals surface area contributed by atoms with Gasteiger partial charge >= 0.3 is 5.97 Å². The highest BCUT2D eigenvalue weighted by atomic mass is 32.2. The van der Waals surface area contributed by atoms with E-state index in [1.54, 1.807) is 11.8 Å². The van der Waals surface area contributed by atoms with Gasteiger partial charge in [-0.25, -0.2) is 9.78 Å². The molecule has 0 spiro atoms. The summed E-state index contributed by atoms with van der Waals surface area (Å²) in [5.41, 5.74) is 5.31. The van der Waals surface area contributed by atoms with Crippen LogP contribution in [0.1, 0.15) is 41.2 Å². The van der Waals surface area contributed by atoms with Gasteiger partial charge in [0.05, 0.1) is 5.03 Å². The lowest BCUT2D eigenvalue weighted by Crippen LogP contribution is -2.32. The quantitative estimate of drug-likeness (QED) is 0.546. The van der Waals surface area contributed by atoms with E-state index in [4.69, 9.17) is 4.74 Å². The number of benzene rings is 1. The Hall–Kier alpha value is -2.27. The van der Waals surface area contributed by atoms with E-state index in [1.807, 2.05) is 65.1 Å². The van der Waals surface area contributed by atoms with Crippen LogP contribution in [0.4, 0.5) is 0 Å². The minimum absolute atomic E-state index is 0.0981. The van der Waals surface area contributed by atoms with Crippen LogP contribution in [0, 0.1) is 33.6 Å². The molecule has 2 unspecified atom stereocenters. The zero-order chi connectivity index (χ0) is 20.4. The van der Waals surface area contributed by atoms with E-state index in [0.29, 0.717) is 12.0 Å². The van der Waals surface area contributed by atoms with E-state index in [9.17, 15) is 9.90 Å². The number of thioether (sulfide) groups is 1. The molecule has 2 atom stereocenters. The third kappa shape index (κ3) is 4.41. The third-order valence-electron chi connectivity index (χ3n) is 5.09. The summed E-state index contributed by atoms with van der Waals surface area (Å²) in [5.74, 6) is 0.552. The van der Waals surface area contributed by atoms with Crippen molar-refractivity contribution in [3.8, 4) is 0 Å². The molecule has 2 aromatic rings. The monoisotopic (exact) mass is 397 g/mol. The fourth-order valence-corrected chi connectivity index (χ4v) is 4.59. The highest BCUT2D eigenvalue weighted by molar-refractivity contribution is 7.99. The molecule has 1 aromatic carbocycles. The number of nitrogens with zero attached hydrogens (tertiary/aromatic N) is 1. The van der Waals surface area contributed by atoms with Crippen molar-refractivity contribution in [3.05, 3.63) is 64.0 Å². The molecule has 3 rings (SSSR count). The van der Waals surface area contributed by atoms with Gasteiger partial charge in [0.1, 0.15) is 17.4 Å². The molecule has 1 aliphatic heterocycles. The number of hydrogen-bond acceptors (Lipinski definition) is 5. The number of rotatable bonds is 5. The summed E-state index contributed by atoms with van der Waals surface area (Å²) < 4.78 is 5.74. The molecule has 5 heteroatoms. The van der Waals surface area contributed by atoms with Gasteiger partial charge in [-0.1, -0.05) is 30.7 Å². The predicted molar refractivity (Wildman–Crippen MR) is 114 cm³/mol. The van der Waals surface area contributed by atoms with Gasteiger partial charge in [-0.3, -0.25) is 0 Å². The molecule has 4 nitrogen and oxygen atoms in total. The lowest BCUT2D eigenvalue weighted by molar-refractivity contribution is -0.145. The third-order valence-corrected chi connectivity index (χ3v) is 6.32. The highest BCUT2D eigenvalue weighted by Gasteiger charge is 2.34. The van der Waals surface area contributed by atoms with Gasteiger partial charge in [-0.05, 0) is 56.0 Å². The Morgan fingerprint density at radius 3 is 2.43 bits per heavy atom. The van der Waals surface area contributed by atoms with Crippen LogP contribution in [0.5, 0.6) is 0 Å². The number of cyclic esters (lactones) is 1. The summed E-state index contributed by atoms with van der Waals surface area (Å²) in [6.07, 6.45) is 1.86. The Morgan fingerprint density at radius 1 is 1.18 bits per heavy atom. The van der Waals surface area contributed by atoms with Gasteiger partial charge < -0.3 is 9.84 Å². The zero-order valence-corrected chi connectivity index (χ0v) is 17.9. The van der Waals surface area contributed by atoms with Crippen molar-refractivity contribution < 1.29 is 14.6 Å². The molecule has 0 saturated carbocycles. The Balaban J connectivity index is 1.75. The van der Waals surface area contributed by atoms with Crippen LogP contribution in [0.3, 0.4) is 0 Å². The first kappa shape index (κ1) is 20.5. The van der Waals surface area contributed by atoms with Crippen molar-refractivity contribution in [1.29, 1.82) is 0 Å². The standard InChI is InChI=1S/C23H27NO3S/c1-13-6-7-20(24-11-13)28-12-17(5)19-10-18(25)22(23(26)27-19)21-15(3)8-14(2)9-16(21)4/h6-9,11,17,19,25H,10,12H2,1-5H3. The number of carbonyl (C=O) groups excluding carboxylic acids is 1. The van der Waals surface area contributed by atoms with Gasteiger partial charge in [-0.2, -0.15) is 0 Å². The number of hydrogen-bond donors (Lipinski definition) is 1. The number of aryl methyl sites for hydroxylation is 4. The summed E-state index contributed by atoms with van der Waals surface area (Å²) in [7, 11) is 0. The molecule has 1 aromatic heterocycles. The van der Waals surface area contributed by atoms with Crippen LogP contribution in [-0.2, 0) is 9.53 Å². The number of aromatic nitrogens is 1. The second-order valence-corrected chi connectivity index (χ2v) is 8.75. The molecule has 0 fully saturated rings. The lowest BCUT2D eigenvalue weighted by atomic mass is 9.89. The van der Waals surface area contributed by atoms with E-state index in [-0.39, 0.29) is 17.8 Å². The van der Waals surface area contributed by atoms with Crippen molar-refractivity contribution >= 4 is 23.3 Å². The molecule has 1 N–H and O–H groups in total. The highest BCUT2D eigenvalue weighted by Crippen LogP contribution is 2.35. The van der Waals surface area contributed by atoms with Crippen molar-refractivity contribution in [2.24, 2.45) is 5.92 Å². The second kappa shape index (κ2) is 8.39. The summed E-state index contributed by atoms with van der Waals surface area (Å²) in [6.45, 7) is 10.00. The molecule has 2 heterocycles. The Bertz CT molecular complexity index is 895. The normalized spacial score (nSPS) is 18.2. The molecule has 28 heavy (non-hydrogen) atoms. The van der Waals surface area contributed by atoms with Crippen LogP contribution >= 0.6 is 11.8 Å². The minimum Gasteiger partial charge on any atom is -0.511 e. The van der Waals surface area contributed by atoms with E-state index in [0.717, 1.165) is 38.6 Å². The number of pyridine rings is 1. The van der Waals surface area contributed by atoms with Crippen molar-refractivity contribution in [3.63, 3.8) is 0 Å². The average molecular weight is 398 g/mol. The number of esters is 1. The fourth-order valence-electron chi connectivity index (χ4n) is 3.65. The smallest absolute Gasteiger partial charge is 0.342 e. The van der Waals surface area contributed by atoms with Gasteiger partial charge in [0.15, 0.2) is 0 Å². The molecule has 1 aliphatic rings. The minimum atomic E-state index is -0.436. The first-order valence-electron chi connectivity index (χ1n) is 9.53. The number of ether oxygens (including phenoxy) is 1. The lowest BCUT2D eigenvalue weighted by Gasteiger charge is -2.29. The topological polar surface area (TPSA) is 59.4 Å². The maximum absolute atomic E-state index is 12.8. The molecule has 148 valence electrons. The first-order valence-corrected chi connectivity index (χ1v) is 10.5. The van der Waals surface area contributed by atoms with Crippen LogP contribution < -0.4 is 0 Å². The maximum Gasteiger partial charge on any atom is 0.342 e. The number of aliphatic hydroxyl groups is 1. The molecule has 0 aliphatic carbocycles. The maximum atomic E-state index is 12.8. The SMILES string of the molecule is Cc1ccc(SCC(C)C2CC(O)=C(c3c(C)cc(C)cc3C)C(=O)O2)nc1. The molecular formula is C23H27NO3S. The van der Waals surface area contributed by atoms with Crippen LogP contribution in [0.15, 0.2) is 41.2 Å². The number of aliphatic hydroxyl groups excluding tert-OH is 1. The Morgan fingerprint density at radius 2 is 1.86 bits per heavy atom. The van der Waals surface area contributed by atoms with E-state index < -0.39 is 5.97 Å². The first-order chi connectivity index (χ1) is 13.3. The van der Waals surface area contributed by atoms with Crippen LogP contribution in [-0.4, -0.2) is 27.9 Å².